The van der Waals surface area contributed by atoms with Gasteiger partial charge in [-0.05, 0) is 86.4 Å². The van der Waals surface area contributed by atoms with Gasteiger partial charge < -0.3 is 15.3 Å². The van der Waals surface area contributed by atoms with E-state index in [0.717, 1.165) is 51.4 Å². The highest BCUT2D eigenvalue weighted by Gasteiger charge is 2.26. The Kier molecular flexibility index (Phi) is 8.11. The Hall–Kier alpha value is -2.58. The highest BCUT2D eigenvalue weighted by molar-refractivity contribution is 7.89. The summed E-state index contributed by atoms with van der Waals surface area (Å²) >= 11 is 0. The molecule has 2 amide bonds. The summed E-state index contributed by atoms with van der Waals surface area (Å²) in [5.41, 5.74) is 1.83. The lowest BCUT2D eigenvalue weighted by molar-refractivity contribution is 0.180. The van der Waals surface area contributed by atoms with Crippen LogP contribution in [-0.4, -0.2) is 54.9 Å². The summed E-state index contributed by atoms with van der Waals surface area (Å²) in [6.07, 6.45) is 7.95. The van der Waals surface area contributed by atoms with Crippen LogP contribution in [0.4, 0.5) is 10.5 Å². The number of carbonyl (C=O) groups excluding carboxylic acids is 1. The van der Waals surface area contributed by atoms with Crippen LogP contribution in [0.2, 0.25) is 0 Å². The summed E-state index contributed by atoms with van der Waals surface area (Å²) < 4.78 is 27.4. The average Bonchev–Trinajstić information content (AvgIpc) is 3.15. The van der Waals surface area contributed by atoms with Gasteiger partial charge in [0, 0.05) is 31.9 Å². The lowest BCUT2D eigenvalue weighted by Crippen LogP contribution is -2.41. The first-order valence-corrected chi connectivity index (χ1v) is 13.8. The Morgan fingerprint density at radius 3 is 2.12 bits per heavy atom. The number of piperidine rings is 1. The molecule has 2 aromatic carbocycles. The third kappa shape index (κ3) is 6.30. The fourth-order valence-corrected chi connectivity index (χ4v) is 6.32. The smallest absolute Gasteiger partial charge is 0.321 e. The molecule has 0 aliphatic carbocycles. The van der Waals surface area contributed by atoms with Crippen LogP contribution in [0.15, 0.2) is 53.4 Å². The van der Waals surface area contributed by atoms with E-state index in [-0.39, 0.29) is 16.7 Å². The van der Waals surface area contributed by atoms with E-state index in [1.165, 1.54) is 5.56 Å². The van der Waals surface area contributed by atoms with Gasteiger partial charge in [0.1, 0.15) is 5.75 Å². The molecule has 2 aliphatic heterocycles. The molecule has 2 aliphatic rings. The number of urea groups is 1. The number of sulfonamides is 1. The van der Waals surface area contributed by atoms with Crippen molar-refractivity contribution < 1.29 is 18.3 Å². The maximum absolute atomic E-state index is 12.9. The number of aryl methyl sites for hydroxylation is 1. The van der Waals surface area contributed by atoms with E-state index >= 15 is 0 Å². The molecule has 7 nitrogen and oxygen atoms in total. The molecule has 2 saturated heterocycles. The zero-order chi connectivity index (χ0) is 24.0. The predicted molar refractivity (Wildman–Crippen MR) is 133 cm³/mol. The molecule has 0 atom stereocenters. The maximum atomic E-state index is 12.9. The number of aromatic hydroxyl groups is 1. The standard InChI is InChI=1S/C26H35N3O4S/c30-24-11-7-21(8-12-24)5-6-22-15-19-28(20-16-22)26(31)27-23-9-13-25(14-10-23)34(32,33)29-17-3-1-2-4-18-29/h7-14,22,30H,1-6,15-20H2,(H,27,31). The molecular weight excluding hydrogens is 450 g/mol. The zero-order valence-electron chi connectivity index (χ0n) is 19.7. The fourth-order valence-electron chi connectivity index (χ4n) is 4.80. The molecule has 0 spiro atoms. The second-order valence-corrected chi connectivity index (χ2v) is 11.3. The molecule has 2 fully saturated rings. The maximum Gasteiger partial charge on any atom is 0.321 e. The quantitative estimate of drug-likeness (QED) is 0.613. The van der Waals surface area contributed by atoms with Crippen molar-refractivity contribution in [3.63, 3.8) is 0 Å². The van der Waals surface area contributed by atoms with Crippen molar-refractivity contribution in [1.29, 1.82) is 0 Å². The number of phenolic OH excluding ortho intramolecular Hbond substituents is 1. The molecule has 0 saturated carbocycles. The molecule has 4 rings (SSSR count). The Morgan fingerprint density at radius 2 is 1.50 bits per heavy atom. The molecule has 2 aromatic rings. The van der Waals surface area contributed by atoms with Gasteiger partial charge >= 0.3 is 6.03 Å². The fraction of sp³-hybridized carbons (Fsp3) is 0.500. The van der Waals surface area contributed by atoms with Gasteiger partial charge in [-0.1, -0.05) is 25.0 Å². The number of phenols is 1. The zero-order valence-corrected chi connectivity index (χ0v) is 20.5. The van der Waals surface area contributed by atoms with E-state index < -0.39 is 10.0 Å². The minimum Gasteiger partial charge on any atom is -0.508 e. The van der Waals surface area contributed by atoms with E-state index in [9.17, 15) is 18.3 Å². The van der Waals surface area contributed by atoms with E-state index in [1.807, 2.05) is 17.0 Å². The highest BCUT2D eigenvalue weighted by Crippen LogP contribution is 2.25. The summed E-state index contributed by atoms with van der Waals surface area (Å²) in [5, 5.41) is 12.3. The second-order valence-electron chi connectivity index (χ2n) is 9.41. The lowest BCUT2D eigenvalue weighted by atomic mass is 9.90. The largest absolute Gasteiger partial charge is 0.508 e. The van der Waals surface area contributed by atoms with Gasteiger partial charge in [-0.3, -0.25) is 0 Å². The summed E-state index contributed by atoms with van der Waals surface area (Å²) in [4.78, 5) is 14.8. The number of amides is 2. The number of carbonyl (C=O) groups is 1. The third-order valence-electron chi connectivity index (χ3n) is 6.99. The van der Waals surface area contributed by atoms with Crippen molar-refractivity contribution in [3.05, 3.63) is 54.1 Å². The molecule has 0 unspecified atom stereocenters. The topological polar surface area (TPSA) is 90.0 Å². The van der Waals surface area contributed by atoms with E-state index in [4.69, 9.17) is 0 Å². The van der Waals surface area contributed by atoms with Crippen molar-refractivity contribution in [2.45, 2.75) is 56.3 Å². The number of rotatable bonds is 6. The van der Waals surface area contributed by atoms with Gasteiger partial charge in [0.05, 0.1) is 4.90 Å². The Labute approximate surface area is 202 Å². The average molecular weight is 486 g/mol. The lowest BCUT2D eigenvalue weighted by Gasteiger charge is -2.32. The number of nitrogens with zero attached hydrogens (tertiary/aromatic N) is 2. The van der Waals surface area contributed by atoms with Crippen molar-refractivity contribution in [1.82, 2.24) is 9.21 Å². The van der Waals surface area contributed by atoms with Crippen LogP contribution in [0.1, 0.15) is 50.5 Å². The summed E-state index contributed by atoms with van der Waals surface area (Å²) in [6.45, 7) is 2.58. The first-order valence-electron chi connectivity index (χ1n) is 12.4. The summed E-state index contributed by atoms with van der Waals surface area (Å²) in [7, 11) is -3.49. The molecule has 184 valence electrons. The van der Waals surface area contributed by atoms with Gasteiger partial charge in [0.15, 0.2) is 0 Å². The first kappa shape index (κ1) is 24.5. The Bertz CT molecular complexity index is 1040. The van der Waals surface area contributed by atoms with E-state index in [0.29, 0.717) is 37.8 Å². The van der Waals surface area contributed by atoms with Gasteiger partial charge in [-0.25, -0.2) is 13.2 Å². The Balaban J connectivity index is 1.25. The van der Waals surface area contributed by atoms with Gasteiger partial charge in [0.25, 0.3) is 0 Å². The van der Waals surface area contributed by atoms with Crippen LogP contribution in [0.25, 0.3) is 0 Å². The normalized spacial score (nSPS) is 18.4. The van der Waals surface area contributed by atoms with Crippen LogP contribution in [0.3, 0.4) is 0 Å². The van der Waals surface area contributed by atoms with Crippen LogP contribution in [0, 0.1) is 5.92 Å². The molecule has 34 heavy (non-hydrogen) atoms. The molecule has 0 bridgehead atoms. The summed E-state index contributed by atoms with van der Waals surface area (Å²) in [5.74, 6) is 0.873. The number of likely N-dealkylation sites (tertiary alicyclic amines) is 1. The minimum absolute atomic E-state index is 0.139. The van der Waals surface area contributed by atoms with Crippen LogP contribution < -0.4 is 5.32 Å². The molecule has 2 heterocycles. The number of anilines is 1. The minimum atomic E-state index is -3.49. The van der Waals surface area contributed by atoms with Crippen molar-refractivity contribution >= 4 is 21.7 Å². The van der Waals surface area contributed by atoms with Gasteiger partial charge in [-0.2, -0.15) is 4.31 Å². The molecule has 0 aromatic heterocycles. The SMILES string of the molecule is O=C(Nc1ccc(S(=O)(=O)N2CCCCCC2)cc1)N1CCC(CCc2ccc(O)cc2)CC1. The molecule has 8 heteroatoms. The molecular formula is C26H35N3O4S. The highest BCUT2D eigenvalue weighted by atomic mass is 32.2. The second kappa shape index (κ2) is 11.2. The van der Waals surface area contributed by atoms with Crippen LogP contribution in [0.5, 0.6) is 5.75 Å². The van der Waals surface area contributed by atoms with Crippen molar-refractivity contribution in [3.8, 4) is 5.75 Å². The Morgan fingerprint density at radius 1 is 0.882 bits per heavy atom. The van der Waals surface area contributed by atoms with E-state index in [2.05, 4.69) is 5.32 Å². The van der Waals surface area contributed by atoms with Gasteiger partial charge in [0.2, 0.25) is 10.0 Å². The van der Waals surface area contributed by atoms with Crippen molar-refractivity contribution in [2.24, 2.45) is 5.92 Å². The number of hydrogen-bond acceptors (Lipinski definition) is 4. The predicted octanol–water partition coefficient (Wildman–Crippen LogP) is 4.83. The number of benzene rings is 2. The van der Waals surface area contributed by atoms with E-state index in [1.54, 1.807) is 40.7 Å². The first-order chi connectivity index (χ1) is 16.4. The van der Waals surface area contributed by atoms with Gasteiger partial charge in [-0.15, -0.1) is 0 Å². The third-order valence-corrected chi connectivity index (χ3v) is 8.90. The monoisotopic (exact) mass is 485 g/mol. The molecule has 0 radical (unpaired) electrons. The molecule has 2 N–H and O–H groups in total. The van der Waals surface area contributed by atoms with Crippen molar-refractivity contribution in [2.75, 3.05) is 31.5 Å². The summed E-state index contributed by atoms with van der Waals surface area (Å²) in [6, 6.07) is 13.7. The van der Waals surface area contributed by atoms with Crippen LogP contribution in [-0.2, 0) is 16.4 Å². The number of hydrogen-bond donors (Lipinski definition) is 2. The van der Waals surface area contributed by atoms with Crippen LogP contribution >= 0.6 is 0 Å². The number of nitrogens with one attached hydrogen (secondary N) is 1.